The first kappa shape index (κ1) is 10.4. The van der Waals surface area contributed by atoms with Crippen LogP contribution >= 0.6 is 0 Å². The first-order valence-electron chi connectivity index (χ1n) is 4.90. The second-order valence-electron chi connectivity index (χ2n) is 3.44. The Morgan fingerprint density at radius 3 is 2.75 bits per heavy atom. The average Bonchev–Trinajstić information content (AvgIpc) is 2.75. The molecule has 0 aliphatic carbocycles. The molecular formula is C12H13N3O. The van der Waals surface area contributed by atoms with E-state index in [-0.39, 0.29) is 0 Å². The van der Waals surface area contributed by atoms with Gasteiger partial charge in [-0.15, -0.1) is 0 Å². The van der Waals surface area contributed by atoms with E-state index in [1.165, 1.54) is 0 Å². The van der Waals surface area contributed by atoms with E-state index >= 15 is 0 Å². The van der Waals surface area contributed by atoms with Crippen LogP contribution < -0.4 is 4.74 Å². The van der Waals surface area contributed by atoms with E-state index in [4.69, 9.17) is 4.74 Å². The van der Waals surface area contributed by atoms with Gasteiger partial charge in [0.1, 0.15) is 12.1 Å². The Labute approximate surface area is 94.2 Å². The lowest BCUT2D eigenvalue weighted by Crippen LogP contribution is -1.90. The zero-order valence-electron chi connectivity index (χ0n) is 9.34. The van der Waals surface area contributed by atoms with Crippen molar-refractivity contribution in [3.05, 3.63) is 36.7 Å². The number of aryl methyl sites for hydroxylation is 1. The van der Waals surface area contributed by atoms with E-state index in [9.17, 15) is 0 Å². The minimum atomic E-state index is 0.685. The molecule has 16 heavy (non-hydrogen) atoms. The quantitative estimate of drug-likeness (QED) is 0.787. The Morgan fingerprint density at radius 1 is 1.38 bits per heavy atom. The molecule has 0 N–H and O–H groups in total. The fourth-order valence-corrected chi connectivity index (χ4v) is 1.46. The summed E-state index contributed by atoms with van der Waals surface area (Å²) in [5.41, 5.74) is 1.91. The topological polar surface area (TPSA) is 39.9 Å². The summed E-state index contributed by atoms with van der Waals surface area (Å²) in [7, 11) is 3.48. The molecule has 2 aromatic rings. The van der Waals surface area contributed by atoms with Crippen LogP contribution in [0.15, 0.2) is 31.1 Å². The number of nitrogens with zero attached hydrogens (tertiary/aromatic N) is 3. The molecule has 0 aliphatic rings. The maximum absolute atomic E-state index is 5.22. The van der Waals surface area contributed by atoms with Gasteiger partial charge in [0.25, 0.3) is 0 Å². The van der Waals surface area contributed by atoms with E-state index in [0.717, 1.165) is 16.9 Å². The lowest BCUT2D eigenvalue weighted by Gasteiger charge is -2.04. The number of hydrogen-bond acceptors (Lipinski definition) is 3. The molecular weight excluding hydrogens is 202 g/mol. The summed E-state index contributed by atoms with van der Waals surface area (Å²) in [4.78, 5) is 4.20. The summed E-state index contributed by atoms with van der Waals surface area (Å²) < 4.78 is 6.88. The fraction of sp³-hybridized carbons (Fsp3) is 0.167. The third kappa shape index (κ3) is 1.95. The van der Waals surface area contributed by atoms with Crippen LogP contribution in [0, 0.1) is 0 Å². The van der Waals surface area contributed by atoms with Crippen molar-refractivity contribution in [3.8, 4) is 17.1 Å². The SMILES string of the molecule is C=Cc1cc(OC)cc(-c2ncn(C)n2)c1. The molecule has 0 aliphatic heterocycles. The number of aromatic nitrogens is 3. The lowest BCUT2D eigenvalue weighted by molar-refractivity contribution is 0.415. The summed E-state index contributed by atoms with van der Waals surface area (Å²) in [6, 6.07) is 5.80. The normalized spacial score (nSPS) is 10.1. The first-order valence-corrected chi connectivity index (χ1v) is 4.90. The average molecular weight is 215 g/mol. The summed E-state index contributed by atoms with van der Waals surface area (Å²) in [6.45, 7) is 3.74. The molecule has 1 aromatic carbocycles. The Hall–Kier alpha value is -2.10. The van der Waals surface area contributed by atoms with E-state index in [2.05, 4.69) is 16.7 Å². The van der Waals surface area contributed by atoms with Crippen LogP contribution in [0.25, 0.3) is 17.5 Å². The van der Waals surface area contributed by atoms with Gasteiger partial charge >= 0.3 is 0 Å². The molecule has 1 aromatic heterocycles. The van der Waals surface area contributed by atoms with Crippen LogP contribution in [0.2, 0.25) is 0 Å². The van der Waals surface area contributed by atoms with Crippen LogP contribution in [-0.2, 0) is 7.05 Å². The van der Waals surface area contributed by atoms with Crippen molar-refractivity contribution in [1.82, 2.24) is 14.8 Å². The largest absolute Gasteiger partial charge is 0.497 e. The summed E-state index contributed by atoms with van der Waals surface area (Å²) >= 11 is 0. The molecule has 4 heteroatoms. The van der Waals surface area contributed by atoms with Crippen LogP contribution in [0.1, 0.15) is 5.56 Å². The minimum Gasteiger partial charge on any atom is -0.497 e. The molecule has 82 valence electrons. The zero-order valence-corrected chi connectivity index (χ0v) is 9.34. The van der Waals surface area contributed by atoms with Crippen molar-refractivity contribution in [3.63, 3.8) is 0 Å². The highest BCUT2D eigenvalue weighted by Gasteiger charge is 2.06. The van der Waals surface area contributed by atoms with Crippen molar-refractivity contribution < 1.29 is 4.74 Å². The molecule has 1 heterocycles. The predicted octanol–water partition coefficient (Wildman–Crippen LogP) is 2.13. The van der Waals surface area contributed by atoms with E-state index in [1.807, 2.05) is 25.2 Å². The Kier molecular flexibility index (Phi) is 2.72. The molecule has 2 rings (SSSR count). The highest BCUT2D eigenvalue weighted by atomic mass is 16.5. The van der Waals surface area contributed by atoms with Crippen LogP contribution in [-0.4, -0.2) is 21.9 Å². The van der Waals surface area contributed by atoms with Gasteiger partial charge in [-0.1, -0.05) is 12.7 Å². The second kappa shape index (κ2) is 4.18. The first-order chi connectivity index (χ1) is 7.72. The molecule has 4 nitrogen and oxygen atoms in total. The molecule has 0 atom stereocenters. The molecule has 0 fully saturated rings. The number of hydrogen-bond donors (Lipinski definition) is 0. The molecule has 0 spiro atoms. The summed E-state index contributed by atoms with van der Waals surface area (Å²) in [5.74, 6) is 1.46. The summed E-state index contributed by atoms with van der Waals surface area (Å²) in [6.07, 6.45) is 3.44. The third-order valence-corrected chi connectivity index (χ3v) is 2.26. The smallest absolute Gasteiger partial charge is 0.181 e. The second-order valence-corrected chi connectivity index (χ2v) is 3.44. The van der Waals surface area contributed by atoms with Gasteiger partial charge in [-0.3, -0.25) is 4.68 Å². The number of benzene rings is 1. The monoisotopic (exact) mass is 215 g/mol. The van der Waals surface area contributed by atoms with Crippen LogP contribution in [0.3, 0.4) is 0 Å². The lowest BCUT2D eigenvalue weighted by atomic mass is 10.1. The van der Waals surface area contributed by atoms with Gasteiger partial charge in [0.15, 0.2) is 5.82 Å². The van der Waals surface area contributed by atoms with Gasteiger partial charge in [-0.05, 0) is 23.8 Å². The molecule has 0 saturated heterocycles. The van der Waals surface area contributed by atoms with Crippen molar-refractivity contribution in [2.75, 3.05) is 7.11 Å². The Balaban J connectivity index is 2.51. The Bertz CT molecular complexity index is 517. The maximum atomic E-state index is 5.22. The van der Waals surface area contributed by atoms with Gasteiger partial charge in [0.2, 0.25) is 0 Å². The van der Waals surface area contributed by atoms with Crippen LogP contribution in [0.4, 0.5) is 0 Å². The molecule has 0 radical (unpaired) electrons. The standard InChI is InChI=1S/C12H13N3O/c1-4-9-5-10(7-11(6-9)16-3)12-13-8-15(2)14-12/h4-8H,1H2,2-3H3. The van der Waals surface area contributed by atoms with Crippen molar-refractivity contribution in [2.24, 2.45) is 7.05 Å². The van der Waals surface area contributed by atoms with Gasteiger partial charge in [-0.2, -0.15) is 5.10 Å². The molecule has 0 bridgehead atoms. The zero-order chi connectivity index (χ0) is 11.5. The van der Waals surface area contributed by atoms with Gasteiger partial charge in [0.05, 0.1) is 7.11 Å². The summed E-state index contributed by atoms with van der Waals surface area (Å²) in [5, 5.41) is 4.25. The predicted molar refractivity (Wildman–Crippen MR) is 63.1 cm³/mol. The van der Waals surface area contributed by atoms with Gasteiger partial charge < -0.3 is 4.74 Å². The number of rotatable bonds is 3. The molecule has 0 amide bonds. The highest BCUT2D eigenvalue weighted by molar-refractivity contribution is 5.64. The Morgan fingerprint density at radius 2 is 2.19 bits per heavy atom. The molecule has 0 saturated carbocycles. The van der Waals surface area contributed by atoms with Crippen LogP contribution in [0.5, 0.6) is 5.75 Å². The maximum Gasteiger partial charge on any atom is 0.181 e. The molecule has 0 unspecified atom stereocenters. The van der Waals surface area contributed by atoms with Crippen molar-refractivity contribution >= 4 is 6.08 Å². The third-order valence-electron chi connectivity index (χ3n) is 2.26. The number of methoxy groups -OCH3 is 1. The highest BCUT2D eigenvalue weighted by Crippen LogP contribution is 2.23. The number of ether oxygens (including phenoxy) is 1. The van der Waals surface area contributed by atoms with E-state index in [1.54, 1.807) is 24.2 Å². The van der Waals surface area contributed by atoms with Gasteiger partial charge in [-0.25, -0.2) is 4.98 Å². The van der Waals surface area contributed by atoms with E-state index in [0.29, 0.717) is 5.82 Å². The van der Waals surface area contributed by atoms with Crippen molar-refractivity contribution in [2.45, 2.75) is 0 Å². The van der Waals surface area contributed by atoms with E-state index < -0.39 is 0 Å². The fourth-order valence-electron chi connectivity index (χ4n) is 1.46. The van der Waals surface area contributed by atoms with Crippen molar-refractivity contribution in [1.29, 1.82) is 0 Å². The van der Waals surface area contributed by atoms with Gasteiger partial charge in [0, 0.05) is 12.6 Å². The minimum absolute atomic E-state index is 0.685.